The summed E-state index contributed by atoms with van der Waals surface area (Å²) in [7, 11) is 0. The Morgan fingerprint density at radius 1 is 1.30 bits per heavy atom. The van der Waals surface area contributed by atoms with Gasteiger partial charge in [-0.25, -0.2) is 8.78 Å². The van der Waals surface area contributed by atoms with Gasteiger partial charge in [-0.15, -0.1) is 0 Å². The zero-order chi connectivity index (χ0) is 16.8. The highest BCUT2D eigenvalue weighted by Crippen LogP contribution is 2.22. The Kier molecular flexibility index (Phi) is 5.90. The van der Waals surface area contributed by atoms with Crippen molar-refractivity contribution in [2.45, 2.75) is 38.1 Å². The lowest BCUT2D eigenvalue weighted by Gasteiger charge is -2.35. The average Bonchev–Trinajstić information content (AvgIpc) is 2.52. The summed E-state index contributed by atoms with van der Waals surface area (Å²) in [5.74, 6) is -2.97. The first-order valence-electron chi connectivity index (χ1n) is 7.56. The second-order valence-electron chi connectivity index (χ2n) is 5.53. The Hall–Kier alpha value is -2.18. The van der Waals surface area contributed by atoms with Gasteiger partial charge in [-0.1, -0.05) is 0 Å². The number of rotatable bonds is 6. The number of aliphatic carboxylic acids is 1. The monoisotopic (exact) mass is 327 g/mol. The van der Waals surface area contributed by atoms with Gasteiger partial charge in [-0.2, -0.15) is 0 Å². The van der Waals surface area contributed by atoms with Crippen LogP contribution in [0.4, 0.5) is 8.78 Å². The second-order valence-corrected chi connectivity index (χ2v) is 5.53. The lowest BCUT2D eigenvalue weighted by molar-refractivity contribution is -0.141. The molecule has 1 aliphatic heterocycles. The van der Waals surface area contributed by atoms with Crippen LogP contribution >= 0.6 is 0 Å². The molecule has 0 spiro atoms. The Balaban J connectivity index is 1.93. The number of likely N-dealkylation sites (tertiary alicyclic amines) is 1. The zero-order valence-electron chi connectivity index (χ0n) is 12.6. The topological polar surface area (TPSA) is 66.8 Å². The van der Waals surface area contributed by atoms with Crippen LogP contribution in [0.5, 0.6) is 5.75 Å². The number of amides is 1. The summed E-state index contributed by atoms with van der Waals surface area (Å²) >= 11 is 0. The minimum absolute atomic E-state index is 0.00188. The number of nitrogens with zero attached hydrogens (tertiary/aromatic N) is 1. The van der Waals surface area contributed by atoms with Crippen LogP contribution in [0.15, 0.2) is 18.2 Å². The smallest absolute Gasteiger partial charge is 0.303 e. The zero-order valence-corrected chi connectivity index (χ0v) is 12.6. The van der Waals surface area contributed by atoms with Crippen LogP contribution in [0.1, 0.15) is 32.1 Å². The van der Waals surface area contributed by atoms with Gasteiger partial charge < -0.3 is 14.7 Å². The summed E-state index contributed by atoms with van der Waals surface area (Å²) in [5, 5.41) is 8.77. The Morgan fingerprint density at radius 3 is 2.78 bits per heavy atom. The standard InChI is InChI=1S/C16H19F2NO4/c17-11-4-6-14(13(18)9-11)23-10-15(20)19-8-2-1-3-12(19)5-7-16(21)22/h4,6,9,12H,1-3,5,7-8,10H2,(H,21,22). The van der Waals surface area contributed by atoms with Crippen molar-refractivity contribution in [3.63, 3.8) is 0 Å². The van der Waals surface area contributed by atoms with Crippen LogP contribution in [0.2, 0.25) is 0 Å². The maximum absolute atomic E-state index is 13.5. The summed E-state index contributed by atoms with van der Waals surface area (Å²) in [6.07, 6.45) is 2.94. The third-order valence-corrected chi connectivity index (χ3v) is 3.88. The number of carbonyl (C=O) groups is 2. The van der Waals surface area contributed by atoms with Gasteiger partial charge in [0.25, 0.3) is 5.91 Å². The molecule has 5 nitrogen and oxygen atoms in total. The number of hydrogen-bond donors (Lipinski definition) is 1. The van der Waals surface area contributed by atoms with Gasteiger partial charge in [0.15, 0.2) is 18.2 Å². The van der Waals surface area contributed by atoms with E-state index < -0.39 is 17.6 Å². The number of halogens is 2. The first-order valence-corrected chi connectivity index (χ1v) is 7.56. The van der Waals surface area contributed by atoms with Crippen molar-refractivity contribution < 1.29 is 28.2 Å². The van der Waals surface area contributed by atoms with Gasteiger partial charge in [-0.3, -0.25) is 9.59 Å². The average molecular weight is 327 g/mol. The summed E-state index contributed by atoms with van der Waals surface area (Å²) in [4.78, 5) is 24.6. The SMILES string of the molecule is O=C(O)CCC1CCCCN1C(=O)COc1ccc(F)cc1F. The van der Waals surface area contributed by atoms with Crippen LogP contribution in [-0.4, -0.2) is 41.1 Å². The Labute approximate surface area is 132 Å². The molecule has 0 aliphatic carbocycles. The fraction of sp³-hybridized carbons (Fsp3) is 0.500. The van der Waals surface area contributed by atoms with Gasteiger partial charge >= 0.3 is 5.97 Å². The van der Waals surface area contributed by atoms with E-state index in [1.54, 1.807) is 4.90 Å². The second kappa shape index (κ2) is 7.89. The highest BCUT2D eigenvalue weighted by molar-refractivity contribution is 5.78. The summed E-state index contributed by atoms with van der Waals surface area (Å²) < 4.78 is 31.4. The highest BCUT2D eigenvalue weighted by atomic mass is 19.1. The largest absolute Gasteiger partial charge is 0.481 e. The molecule has 1 amide bonds. The minimum atomic E-state index is -0.896. The van der Waals surface area contributed by atoms with Crippen LogP contribution in [0.3, 0.4) is 0 Å². The van der Waals surface area contributed by atoms with E-state index in [-0.39, 0.29) is 30.7 Å². The number of carboxylic acids is 1. The van der Waals surface area contributed by atoms with Crippen molar-refractivity contribution in [1.82, 2.24) is 4.90 Å². The van der Waals surface area contributed by atoms with Gasteiger partial charge in [0.1, 0.15) is 5.82 Å². The van der Waals surface area contributed by atoms with Crippen LogP contribution < -0.4 is 4.74 Å². The number of hydrogen-bond acceptors (Lipinski definition) is 3. The predicted octanol–water partition coefficient (Wildman–Crippen LogP) is 2.59. The number of carbonyl (C=O) groups excluding carboxylic acids is 1. The molecule has 1 atom stereocenters. The number of benzene rings is 1. The molecule has 2 rings (SSSR count). The predicted molar refractivity (Wildman–Crippen MR) is 78.1 cm³/mol. The normalized spacial score (nSPS) is 17.8. The molecule has 1 aliphatic rings. The molecule has 7 heteroatoms. The van der Waals surface area contributed by atoms with Gasteiger partial charge in [0.2, 0.25) is 0 Å². The fourth-order valence-corrected chi connectivity index (χ4v) is 2.73. The molecule has 1 N–H and O–H groups in total. The first kappa shape index (κ1) is 17.2. The maximum Gasteiger partial charge on any atom is 0.303 e. The molecule has 0 radical (unpaired) electrons. The van der Waals surface area contributed by atoms with E-state index in [0.29, 0.717) is 19.0 Å². The van der Waals surface area contributed by atoms with Crippen LogP contribution in [-0.2, 0) is 9.59 Å². The maximum atomic E-state index is 13.5. The molecule has 1 aromatic rings. The van der Waals surface area contributed by atoms with Crippen molar-refractivity contribution in [1.29, 1.82) is 0 Å². The summed E-state index contributed by atoms with van der Waals surface area (Å²) in [6, 6.07) is 2.75. The van der Waals surface area contributed by atoms with E-state index in [0.717, 1.165) is 31.4 Å². The molecule has 126 valence electrons. The lowest BCUT2D eigenvalue weighted by atomic mass is 9.98. The van der Waals surface area contributed by atoms with Crippen LogP contribution in [0, 0.1) is 11.6 Å². The minimum Gasteiger partial charge on any atom is -0.481 e. The summed E-state index contributed by atoms with van der Waals surface area (Å²) in [6.45, 7) is 0.185. The highest BCUT2D eigenvalue weighted by Gasteiger charge is 2.27. The molecule has 1 unspecified atom stereocenters. The molecule has 0 saturated carbocycles. The van der Waals surface area contributed by atoms with Crippen molar-refractivity contribution in [3.05, 3.63) is 29.8 Å². The third kappa shape index (κ3) is 4.91. The molecule has 0 bridgehead atoms. The molecular weight excluding hydrogens is 308 g/mol. The quantitative estimate of drug-likeness (QED) is 0.872. The van der Waals surface area contributed by atoms with Crippen LogP contribution in [0.25, 0.3) is 0 Å². The molecule has 1 fully saturated rings. The molecule has 0 aromatic heterocycles. The first-order chi connectivity index (χ1) is 11.0. The van der Waals surface area contributed by atoms with Gasteiger partial charge in [0.05, 0.1) is 0 Å². The van der Waals surface area contributed by atoms with E-state index >= 15 is 0 Å². The molecular formula is C16H19F2NO4. The lowest BCUT2D eigenvalue weighted by Crippen LogP contribution is -2.46. The van der Waals surface area contributed by atoms with Crippen molar-refractivity contribution in [3.8, 4) is 5.75 Å². The van der Waals surface area contributed by atoms with Crippen molar-refractivity contribution >= 4 is 11.9 Å². The van der Waals surface area contributed by atoms with E-state index in [4.69, 9.17) is 9.84 Å². The molecule has 1 saturated heterocycles. The molecule has 23 heavy (non-hydrogen) atoms. The van der Waals surface area contributed by atoms with Gasteiger partial charge in [0, 0.05) is 25.1 Å². The number of carboxylic acid groups (broad SMARTS) is 1. The Morgan fingerprint density at radius 2 is 2.09 bits per heavy atom. The van der Waals surface area contributed by atoms with Crippen molar-refractivity contribution in [2.75, 3.05) is 13.2 Å². The van der Waals surface area contributed by atoms with E-state index in [2.05, 4.69) is 0 Å². The van der Waals surface area contributed by atoms with E-state index in [9.17, 15) is 18.4 Å². The summed E-state index contributed by atoms with van der Waals surface area (Å²) in [5.41, 5.74) is 0. The molecule has 1 aromatic carbocycles. The fourth-order valence-electron chi connectivity index (χ4n) is 2.73. The molecule has 1 heterocycles. The van der Waals surface area contributed by atoms with Crippen molar-refractivity contribution in [2.24, 2.45) is 0 Å². The Bertz CT molecular complexity index is 579. The number of ether oxygens (including phenoxy) is 1. The van der Waals surface area contributed by atoms with E-state index in [1.807, 2.05) is 0 Å². The number of piperidine rings is 1. The third-order valence-electron chi connectivity index (χ3n) is 3.88. The van der Waals surface area contributed by atoms with E-state index in [1.165, 1.54) is 0 Å². The van der Waals surface area contributed by atoms with Gasteiger partial charge in [-0.05, 0) is 37.8 Å².